The molecule has 0 spiro atoms. The summed E-state index contributed by atoms with van der Waals surface area (Å²) in [7, 11) is 0. The maximum Gasteiger partial charge on any atom is 0.410 e. The molecule has 5 heterocycles. The molecule has 4 fully saturated rings. The molecular weight excluding hydrogens is 911 g/mol. The number of piperidine rings is 1. The van der Waals surface area contributed by atoms with Crippen LogP contribution in [0.1, 0.15) is 190 Å². The number of rotatable bonds is 14. The molecule has 8 rings (SSSR count). The van der Waals surface area contributed by atoms with Crippen molar-refractivity contribution in [3.8, 4) is 0 Å². The minimum Gasteiger partial charge on any atom is -0.444 e. The molecule has 0 aromatic carbocycles. The van der Waals surface area contributed by atoms with Crippen LogP contribution in [0.2, 0.25) is 0 Å². The highest BCUT2D eigenvalue weighted by Gasteiger charge is 2.48. The molecule has 4 aromatic heterocycles. The number of nitrogens with two attached hydrogens (primary N) is 2. The number of aromatic nitrogens is 6. The molecule has 0 bridgehead atoms. The number of thiophene rings is 2. The quantitative estimate of drug-likeness (QED) is 0.114. The van der Waals surface area contributed by atoms with E-state index in [0.29, 0.717) is 63.5 Å². The van der Waals surface area contributed by atoms with Gasteiger partial charge in [0.15, 0.2) is 11.6 Å². The highest BCUT2D eigenvalue weighted by Crippen LogP contribution is 2.47. The van der Waals surface area contributed by atoms with E-state index in [2.05, 4.69) is 48.3 Å². The van der Waals surface area contributed by atoms with Crippen molar-refractivity contribution in [3.63, 3.8) is 0 Å². The molecule has 2 atom stereocenters. The first-order valence-corrected chi connectivity index (χ1v) is 27.1. The summed E-state index contributed by atoms with van der Waals surface area (Å²) >= 11 is 3.06. The Balaban J connectivity index is 0.000000208. The molecule has 15 nitrogen and oxygen atoms in total. The smallest absolute Gasteiger partial charge is 0.410 e. The van der Waals surface area contributed by atoms with E-state index in [-0.39, 0.29) is 23.4 Å². The number of amides is 3. The van der Waals surface area contributed by atoms with Crippen LogP contribution in [0.5, 0.6) is 0 Å². The van der Waals surface area contributed by atoms with E-state index in [0.717, 1.165) is 86.2 Å². The molecule has 1 saturated heterocycles. The van der Waals surface area contributed by atoms with Crippen molar-refractivity contribution in [3.05, 3.63) is 68.6 Å². The Labute approximate surface area is 415 Å². The lowest BCUT2D eigenvalue weighted by molar-refractivity contribution is -0.130. The van der Waals surface area contributed by atoms with Gasteiger partial charge in [-0.2, -0.15) is 22.7 Å². The van der Waals surface area contributed by atoms with Crippen molar-refractivity contribution in [2.75, 3.05) is 13.1 Å². The van der Waals surface area contributed by atoms with Crippen LogP contribution in [0.15, 0.2) is 46.0 Å². The summed E-state index contributed by atoms with van der Waals surface area (Å²) in [5, 5.41) is 25.7. The predicted octanol–water partition coefficient (Wildman–Crippen LogP) is 9.75. The molecule has 3 amide bonds. The number of likely N-dealkylation sites (tertiary alicyclic amines) is 1. The van der Waals surface area contributed by atoms with Gasteiger partial charge in [0.25, 0.3) is 0 Å². The molecule has 376 valence electrons. The highest BCUT2D eigenvalue weighted by molar-refractivity contribution is 7.08. The number of Topliss-reactive ketones (excluding diaryl/α,β-unsaturated/α-hetero) is 2. The highest BCUT2D eigenvalue weighted by atomic mass is 32.1. The van der Waals surface area contributed by atoms with Gasteiger partial charge in [-0.25, -0.2) is 14.2 Å². The maximum atomic E-state index is 13.3. The normalized spacial score (nSPS) is 24.4. The summed E-state index contributed by atoms with van der Waals surface area (Å²) in [4.78, 5) is 66.0. The molecule has 3 saturated carbocycles. The largest absolute Gasteiger partial charge is 0.444 e. The van der Waals surface area contributed by atoms with Gasteiger partial charge in [0.05, 0.1) is 23.8 Å². The second-order valence-corrected chi connectivity index (χ2v) is 23.9. The van der Waals surface area contributed by atoms with Gasteiger partial charge in [0.2, 0.25) is 11.8 Å². The summed E-state index contributed by atoms with van der Waals surface area (Å²) in [5.74, 6) is 1.47. The third kappa shape index (κ3) is 11.4. The zero-order chi connectivity index (χ0) is 49.8. The number of carbonyl (C=O) groups is 5. The van der Waals surface area contributed by atoms with Crippen LogP contribution >= 0.6 is 22.7 Å². The summed E-state index contributed by atoms with van der Waals surface area (Å²) in [6.07, 6.45) is 18.0. The lowest BCUT2D eigenvalue weighted by Crippen LogP contribution is -2.55. The lowest BCUT2D eigenvalue weighted by atomic mass is 9.64. The summed E-state index contributed by atoms with van der Waals surface area (Å²) in [5.41, 5.74) is 11.5. The Morgan fingerprint density at radius 2 is 1.04 bits per heavy atom. The van der Waals surface area contributed by atoms with E-state index in [1.807, 2.05) is 66.8 Å². The standard InChI is InChI=1S/C28H41N5O4S.C24H34N4O2S/c1-19-6-8-21(9-7-19)27(5,16-22(34)20-10-15-38-18-20)23-17-33(31-30-23)28(24(29)35)11-13-32(14-12-28)25(36)37-26(2,3)4;1-17-6-8-19(9-7-17)23(2,14-20(29)18-10-13-31-16-18)21-15-28(27-26-21)24(22(25)30)11-4-3-5-12-24/h10,15,17-19,21H,6-9,11-14,16H2,1-5H3,(H2,29,35);10,13,15-17,19H,3-9,11-12,14H2,1-2H3,(H2,25,30)/t19?,21?,27-;17?,19?,23-/m00/s1. The first kappa shape index (κ1) is 52.1. The lowest BCUT2D eigenvalue weighted by Gasteiger charge is -2.40. The van der Waals surface area contributed by atoms with Crippen molar-refractivity contribution in [1.82, 2.24) is 34.9 Å². The van der Waals surface area contributed by atoms with E-state index in [1.165, 1.54) is 24.2 Å². The molecule has 0 radical (unpaired) electrons. The molecule has 4 N–H and O–H groups in total. The number of carbonyl (C=O) groups excluding carboxylic acids is 5. The van der Waals surface area contributed by atoms with Crippen LogP contribution in [-0.2, 0) is 36.2 Å². The van der Waals surface area contributed by atoms with Crippen molar-refractivity contribution < 1.29 is 28.7 Å². The zero-order valence-corrected chi connectivity index (χ0v) is 43.5. The van der Waals surface area contributed by atoms with Crippen LogP contribution in [0.25, 0.3) is 0 Å². The fourth-order valence-electron chi connectivity index (χ4n) is 11.6. The first-order valence-electron chi connectivity index (χ1n) is 25.2. The predicted molar refractivity (Wildman–Crippen MR) is 268 cm³/mol. The van der Waals surface area contributed by atoms with Crippen LogP contribution in [0.3, 0.4) is 0 Å². The third-order valence-electron chi connectivity index (χ3n) is 16.5. The number of hydrogen-bond acceptors (Lipinski definition) is 12. The number of ether oxygens (including phenoxy) is 1. The number of ketones is 2. The van der Waals surface area contributed by atoms with Crippen LogP contribution in [0.4, 0.5) is 4.79 Å². The van der Waals surface area contributed by atoms with Crippen LogP contribution in [0, 0.1) is 23.7 Å². The monoisotopic (exact) mass is 986 g/mol. The zero-order valence-electron chi connectivity index (χ0n) is 41.9. The molecule has 0 unspecified atom stereocenters. The second-order valence-electron chi connectivity index (χ2n) is 22.4. The van der Waals surface area contributed by atoms with Gasteiger partial charge in [-0.15, -0.1) is 10.2 Å². The van der Waals surface area contributed by atoms with Gasteiger partial charge in [0.1, 0.15) is 16.7 Å². The minimum atomic E-state index is -1.09. The fraction of sp³-hybridized carbons (Fsp3) is 0.673. The van der Waals surface area contributed by atoms with Crippen molar-refractivity contribution in [2.24, 2.45) is 35.1 Å². The molecule has 4 aliphatic rings. The van der Waals surface area contributed by atoms with E-state index in [1.54, 1.807) is 25.6 Å². The van der Waals surface area contributed by atoms with E-state index < -0.39 is 39.5 Å². The van der Waals surface area contributed by atoms with E-state index >= 15 is 0 Å². The van der Waals surface area contributed by atoms with Gasteiger partial charge in [-0.05, 0) is 119 Å². The average Bonchev–Trinajstić information content (AvgIpc) is 4.18. The van der Waals surface area contributed by atoms with Crippen LogP contribution < -0.4 is 11.5 Å². The molecular formula is C52H75N9O6S2. The third-order valence-corrected chi connectivity index (χ3v) is 17.8. The van der Waals surface area contributed by atoms with E-state index in [9.17, 15) is 24.0 Å². The van der Waals surface area contributed by atoms with Crippen molar-refractivity contribution >= 4 is 52.1 Å². The number of nitrogens with zero attached hydrogens (tertiary/aromatic N) is 7. The summed E-state index contributed by atoms with van der Waals surface area (Å²) < 4.78 is 8.83. The maximum absolute atomic E-state index is 13.3. The molecule has 3 aliphatic carbocycles. The fourth-order valence-corrected chi connectivity index (χ4v) is 12.9. The van der Waals surface area contributed by atoms with Gasteiger partial charge < -0.3 is 21.1 Å². The van der Waals surface area contributed by atoms with Gasteiger partial charge >= 0.3 is 6.09 Å². The number of primary amides is 2. The van der Waals surface area contributed by atoms with Gasteiger partial charge in [-0.1, -0.05) is 83.1 Å². The van der Waals surface area contributed by atoms with Gasteiger partial charge in [0, 0.05) is 58.6 Å². The Morgan fingerprint density at radius 3 is 1.41 bits per heavy atom. The molecule has 69 heavy (non-hydrogen) atoms. The van der Waals surface area contributed by atoms with Gasteiger partial charge in [-0.3, -0.25) is 19.2 Å². The van der Waals surface area contributed by atoms with E-state index in [4.69, 9.17) is 16.2 Å². The molecule has 17 heteroatoms. The van der Waals surface area contributed by atoms with Crippen LogP contribution in [-0.4, -0.2) is 83.1 Å². The molecule has 4 aromatic rings. The van der Waals surface area contributed by atoms with Crippen molar-refractivity contribution in [2.45, 2.75) is 185 Å². The Hall–Kier alpha value is -4.77. The second kappa shape index (κ2) is 21.3. The minimum absolute atomic E-state index is 0.0946. The summed E-state index contributed by atoms with van der Waals surface area (Å²) in [6, 6.07) is 3.77. The van der Waals surface area contributed by atoms with Crippen molar-refractivity contribution in [1.29, 1.82) is 0 Å². The molecule has 1 aliphatic heterocycles. The Bertz CT molecular complexity index is 2380. The average molecular weight is 986 g/mol. The topological polar surface area (TPSA) is 211 Å². The first-order chi connectivity index (χ1) is 32.7. The SMILES string of the molecule is CC1CCC([C@](C)(CC(=O)c2ccsc2)c2cn(C3(C(N)=O)CCCCC3)nn2)CC1.CC1CCC([C@](C)(CC(=O)c2ccsc2)c2cn(C3(C(N)=O)CCN(C(=O)OC(C)(C)C)CC3)nn2)CC1. The summed E-state index contributed by atoms with van der Waals surface area (Å²) in [6.45, 7) is 15.0. The Kier molecular flexibility index (Phi) is 16.1. The Morgan fingerprint density at radius 1 is 0.638 bits per heavy atom. The number of hydrogen-bond donors (Lipinski definition) is 2.